The van der Waals surface area contributed by atoms with Gasteiger partial charge in [-0.1, -0.05) is 17.3 Å². The van der Waals surface area contributed by atoms with Gasteiger partial charge < -0.3 is 10.4 Å². The van der Waals surface area contributed by atoms with E-state index in [-0.39, 0.29) is 12.4 Å². The summed E-state index contributed by atoms with van der Waals surface area (Å²) in [5.41, 5.74) is 1.98. The van der Waals surface area contributed by atoms with Crippen LogP contribution in [0.25, 0.3) is 0 Å². The van der Waals surface area contributed by atoms with Gasteiger partial charge in [0.15, 0.2) is 0 Å². The van der Waals surface area contributed by atoms with Crippen molar-refractivity contribution in [1.82, 2.24) is 20.3 Å². The van der Waals surface area contributed by atoms with Crippen LogP contribution in [0.1, 0.15) is 17.7 Å². The van der Waals surface area contributed by atoms with Crippen molar-refractivity contribution in [2.75, 3.05) is 13.2 Å². The van der Waals surface area contributed by atoms with E-state index in [0.717, 1.165) is 24.2 Å². The molecular weight excluding hydrogens is 259 g/mol. The monoisotopic (exact) mass is 278 g/mol. The largest absolute Gasteiger partial charge is 0.396 e. The molecule has 0 atom stereocenters. The maximum atomic E-state index is 12.7. The van der Waals surface area contributed by atoms with Crippen LogP contribution in [0.4, 0.5) is 4.39 Å². The molecule has 0 saturated carbocycles. The molecule has 1 aromatic heterocycles. The highest BCUT2D eigenvalue weighted by molar-refractivity contribution is 5.16. The molecule has 0 aliphatic heterocycles. The minimum Gasteiger partial charge on any atom is -0.396 e. The number of halogens is 1. The van der Waals surface area contributed by atoms with Crippen molar-refractivity contribution < 1.29 is 9.50 Å². The van der Waals surface area contributed by atoms with Gasteiger partial charge in [0.1, 0.15) is 5.82 Å². The second-order valence-electron chi connectivity index (χ2n) is 4.60. The Kier molecular flexibility index (Phi) is 5.64. The third-order valence-corrected chi connectivity index (χ3v) is 2.94. The molecule has 0 fully saturated rings. The molecule has 1 aromatic carbocycles. The number of benzene rings is 1. The van der Waals surface area contributed by atoms with E-state index in [1.54, 1.807) is 16.8 Å². The zero-order valence-corrected chi connectivity index (χ0v) is 11.3. The van der Waals surface area contributed by atoms with E-state index in [2.05, 4.69) is 15.6 Å². The molecule has 20 heavy (non-hydrogen) atoms. The van der Waals surface area contributed by atoms with Gasteiger partial charge in [-0.3, -0.25) is 4.68 Å². The Balaban J connectivity index is 1.67. The van der Waals surface area contributed by atoms with Gasteiger partial charge in [0, 0.05) is 25.9 Å². The van der Waals surface area contributed by atoms with Crippen molar-refractivity contribution in [3.8, 4) is 0 Å². The summed E-state index contributed by atoms with van der Waals surface area (Å²) in [4.78, 5) is 0. The number of aromatic nitrogens is 3. The van der Waals surface area contributed by atoms with Crippen LogP contribution >= 0.6 is 0 Å². The van der Waals surface area contributed by atoms with E-state index in [4.69, 9.17) is 5.11 Å². The summed E-state index contributed by atoms with van der Waals surface area (Å²) in [7, 11) is 0. The van der Waals surface area contributed by atoms with Crippen molar-refractivity contribution in [3.63, 3.8) is 0 Å². The summed E-state index contributed by atoms with van der Waals surface area (Å²) in [6, 6.07) is 6.54. The molecule has 2 rings (SSSR count). The van der Waals surface area contributed by atoms with E-state index in [1.165, 1.54) is 12.1 Å². The fourth-order valence-corrected chi connectivity index (χ4v) is 1.86. The first kappa shape index (κ1) is 14.6. The summed E-state index contributed by atoms with van der Waals surface area (Å²) >= 11 is 0. The van der Waals surface area contributed by atoms with E-state index in [0.29, 0.717) is 19.5 Å². The van der Waals surface area contributed by atoms with Crippen LogP contribution in [0.5, 0.6) is 0 Å². The first-order valence-electron chi connectivity index (χ1n) is 6.73. The van der Waals surface area contributed by atoms with Crippen molar-refractivity contribution >= 4 is 0 Å². The molecular formula is C14H19FN4O. The third-order valence-electron chi connectivity index (χ3n) is 2.94. The molecule has 2 N–H and O–H groups in total. The normalized spacial score (nSPS) is 10.9. The van der Waals surface area contributed by atoms with Crippen molar-refractivity contribution in [1.29, 1.82) is 0 Å². The first-order valence-corrected chi connectivity index (χ1v) is 6.73. The third kappa shape index (κ3) is 4.71. The van der Waals surface area contributed by atoms with E-state index in [9.17, 15) is 4.39 Å². The van der Waals surface area contributed by atoms with Crippen LogP contribution < -0.4 is 5.32 Å². The molecule has 0 aliphatic rings. The van der Waals surface area contributed by atoms with Gasteiger partial charge >= 0.3 is 0 Å². The van der Waals surface area contributed by atoms with E-state index in [1.807, 2.05) is 6.20 Å². The highest BCUT2D eigenvalue weighted by atomic mass is 19.1. The van der Waals surface area contributed by atoms with Crippen LogP contribution in [0.3, 0.4) is 0 Å². The molecule has 2 aromatic rings. The maximum absolute atomic E-state index is 12.7. The summed E-state index contributed by atoms with van der Waals surface area (Å²) in [5, 5.41) is 20.0. The summed E-state index contributed by atoms with van der Waals surface area (Å²) in [6.07, 6.45) is 3.40. The highest BCUT2D eigenvalue weighted by Gasteiger charge is 2.00. The number of nitrogens with one attached hydrogen (secondary N) is 1. The van der Waals surface area contributed by atoms with Gasteiger partial charge in [0.2, 0.25) is 0 Å². The molecule has 0 radical (unpaired) electrons. The average Bonchev–Trinajstić information content (AvgIpc) is 2.91. The zero-order chi connectivity index (χ0) is 14.2. The fraction of sp³-hybridized carbons (Fsp3) is 0.429. The highest BCUT2D eigenvalue weighted by Crippen LogP contribution is 2.03. The number of aliphatic hydroxyl groups excluding tert-OH is 1. The minimum absolute atomic E-state index is 0.158. The van der Waals surface area contributed by atoms with Crippen molar-refractivity contribution in [3.05, 3.63) is 47.5 Å². The number of nitrogens with zero attached hydrogens (tertiary/aromatic N) is 3. The topological polar surface area (TPSA) is 63.0 Å². The SMILES string of the molecule is OCCCn1cc(CNCCc2ccc(F)cc2)nn1. The molecule has 0 aliphatic carbocycles. The Morgan fingerprint density at radius 3 is 2.80 bits per heavy atom. The first-order chi connectivity index (χ1) is 9.78. The predicted octanol–water partition coefficient (Wildman–Crippen LogP) is 1.13. The molecule has 0 saturated heterocycles. The van der Waals surface area contributed by atoms with Gasteiger partial charge in [-0.15, -0.1) is 5.10 Å². The molecule has 6 heteroatoms. The summed E-state index contributed by atoms with van der Waals surface area (Å²) < 4.78 is 14.5. The molecule has 1 heterocycles. The van der Waals surface area contributed by atoms with Gasteiger partial charge in [-0.2, -0.15) is 0 Å². The Labute approximate surface area is 117 Å². The van der Waals surface area contributed by atoms with Crippen molar-refractivity contribution in [2.24, 2.45) is 0 Å². The Hall–Kier alpha value is -1.79. The lowest BCUT2D eigenvalue weighted by Gasteiger charge is -2.02. The Bertz CT molecular complexity index is 512. The quantitative estimate of drug-likeness (QED) is 0.711. The number of aliphatic hydroxyl groups is 1. The lowest BCUT2D eigenvalue weighted by Crippen LogP contribution is -2.16. The second-order valence-corrected chi connectivity index (χ2v) is 4.60. The number of aryl methyl sites for hydroxylation is 1. The van der Waals surface area contributed by atoms with E-state index >= 15 is 0 Å². The van der Waals surface area contributed by atoms with Crippen LogP contribution in [0, 0.1) is 5.82 Å². The minimum atomic E-state index is -0.207. The molecule has 0 spiro atoms. The summed E-state index contributed by atoms with van der Waals surface area (Å²) in [6.45, 7) is 2.29. The van der Waals surface area contributed by atoms with Crippen LogP contribution in [-0.2, 0) is 19.5 Å². The number of rotatable bonds is 8. The molecule has 0 amide bonds. The standard InChI is InChI=1S/C14H19FN4O/c15-13-4-2-12(3-5-13)6-7-16-10-14-11-19(18-17-14)8-1-9-20/h2-5,11,16,20H,1,6-10H2. The van der Waals surface area contributed by atoms with Crippen LogP contribution in [0.15, 0.2) is 30.5 Å². The smallest absolute Gasteiger partial charge is 0.123 e. The molecule has 0 bridgehead atoms. The van der Waals surface area contributed by atoms with Crippen LogP contribution in [-0.4, -0.2) is 33.3 Å². The van der Waals surface area contributed by atoms with Crippen molar-refractivity contribution in [2.45, 2.75) is 25.9 Å². The lowest BCUT2D eigenvalue weighted by atomic mass is 10.1. The number of hydrogen-bond acceptors (Lipinski definition) is 4. The van der Waals surface area contributed by atoms with Gasteiger partial charge in [0.25, 0.3) is 0 Å². The second kappa shape index (κ2) is 7.72. The Morgan fingerprint density at radius 2 is 2.05 bits per heavy atom. The Morgan fingerprint density at radius 1 is 1.25 bits per heavy atom. The molecule has 108 valence electrons. The summed E-state index contributed by atoms with van der Waals surface area (Å²) in [5.74, 6) is -0.207. The number of hydrogen-bond donors (Lipinski definition) is 2. The fourth-order valence-electron chi connectivity index (χ4n) is 1.86. The van der Waals surface area contributed by atoms with Gasteiger partial charge in [-0.05, 0) is 37.1 Å². The van der Waals surface area contributed by atoms with Gasteiger partial charge in [0.05, 0.1) is 5.69 Å². The maximum Gasteiger partial charge on any atom is 0.123 e. The molecule has 5 nitrogen and oxygen atoms in total. The lowest BCUT2D eigenvalue weighted by molar-refractivity contribution is 0.276. The van der Waals surface area contributed by atoms with Gasteiger partial charge in [-0.25, -0.2) is 4.39 Å². The predicted molar refractivity (Wildman–Crippen MR) is 73.5 cm³/mol. The average molecular weight is 278 g/mol. The zero-order valence-electron chi connectivity index (χ0n) is 11.3. The van der Waals surface area contributed by atoms with E-state index < -0.39 is 0 Å². The molecule has 0 unspecified atom stereocenters. The van der Waals surface area contributed by atoms with Crippen LogP contribution in [0.2, 0.25) is 0 Å².